The molecule has 1 atom stereocenters. The van der Waals surface area contributed by atoms with Crippen LogP contribution in [0.3, 0.4) is 0 Å². The zero-order chi connectivity index (χ0) is 24.5. The predicted molar refractivity (Wildman–Crippen MR) is 140 cm³/mol. The Hall–Kier alpha value is -2.32. The van der Waals surface area contributed by atoms with Crippen LogP contribution in [0, 0.1) is 0 Å². The lowest BCUT2D eigenvalue weighted by atomic mass is 10.1. The zero-order valence-corrected chi connectivity index (χ0v) is 21.8. The van der Waals surface area contributed by atoms with Crippen LogP contribution >= 0.6 is 23.1 Å². The fourth-order valence-corrected chi connectivity index (χ4v) is 6.32. The van der Waals surface area contributed by atoms with Crippen molar-refractivity contribution >= 4 is 51.6 Å². The minimum Gasteiger partial charge on any atom is -0.462 e. The number of thioether (sulfide) groups is 1. The number of fused-ring (bicyclic) bond motifs is 1. The van der Waals surface area contributed by atoms with Crippen LogP contribution in [0.4, 0.5) is 10.7 Å². The van der Waals surface area contributed by atoms with Crippen LogP contribution in [0.25, 0.3) is 0 Å². The van der Waals surface area contributed by atoms with Crippen LogP contribution in [0.15, 0.2) is 29.2 Å². The molecule has 0 saturated carbocycles. The second-order valence-corrected chi connectivity index (χ2v) is 10.7. The van der Waals surface area contributed by atoms with Crippen molar-refractivity contribution < 1.29 is 19.1 Å². The summed E-state index contributed by atoms with van der Waals surface area (Å²) in [4.78, 5) is 40.1. The lowest BCUT2D eigenvalue weighted by Gasteiger charge is -2.16. The number of benzene rings is 1. The number of carbonyl (C=O) groups is 3. The summed E-state index contributed by atoms with van der Waals surface area (Å²) in [6, 6.07) is 7.56. The van der Waals surface area contributed by atoms with Gasteiger partial charge in [0.05, 0.1) is 17.4 Å². The van der Waals surface area contributed by atoms with Gasteiger partial charge in [0, 0.05) is 21.9 Å². The summed E-state index contributed by atoms with van der Waals surface area (Å²) in [5, 5.41) is 6.23. The van der Waals surface area contributed by atoms with Gasteiger partial charge in [-0.3, -0.25) is 9.59 Å². The lowest BCUT2D eigenvalue weighted by Crippen LogP contribution is -2.25. The molecule has 0 fully saturated rings. The molecule has 2 N–H and O–H groups in total. The molecule has 0 radical (unpaired) electrons. The number of hydrogen-bond donors (Lipinski definition) is 2. The van der Waals surface area contributed by atoms with Gasteiger partial charge in [0.1, 0.15) is 5.00 Å². The van der Waals surface area contributed by atoms with Crippen LogP contribution in [0.2, 0.25) is 0 Å². The summed E-state index contributed by atoms with van der Waals surface area (Å²) >= 11 is 2.97. The van der Waals surface area contributed by atoms with Crippen molar-refractivity contribution in [1.82, 2.24) is 0 Å². The summed E-state index contributed by atoms with van der Waals surface area (Å²) in [5.41, 5.74) is 2.32. The molecule has 0 spiro atoms. The van der Waals surface area contributed by atoms with E-state index in [0.717, 1.165) is 54.7 Å². The zero-order valence-electron chi connectivity index (χ0n) is 20.2. The van der Waals surface area contributed by atoms with E-state index in [4.69, 9.17) is 4.74 Å². The third-order valence-electron chi connectivity index (χ3n) is 5.67. The Bertz CT molecular complexity index is 1020. The fraction of sp³-hybridized carbons (Fsp3) is 0.500. The van der Waals surface area contributed by atoms with E-state index in [1.165, 1.54) is 28.0 Å². The molecule has 1 aromatic heterocycles. The highest BCUT2D eigenvalue weighted by Gasteiger charge is 2.28. The number of hydrogen-bond acceptors (Lipinski definition) is 6. The first-order valence-electron chi connectivity index (χ1n) is 12.2. The van der Waals surface area contributed by atoms with Crippen molar-refractivity contribution in [3.63, 3.8) is 0 Å². The standard InChI is InChI=1S/C26H34N2O4S2/c1-4-11-22(29)27-17-12-10-13-18(16-17)33-20(5-2)24(30)28-25-23(26(31)32-6-3)19-14-8-7-9-15-21(19)34-25/h10,12-13,16,20H,4-9,11,14-15H2,1-3H3,(H,27,29)(H,28,30). The van der Waals surface area contributed by atoms with E-state index in [0.29, 0.717) is 30.0 Å². The molecule has 1 unspecified atom stereocenters. The number of amides is 2. The van der Waals surface area contributed by atoms with Crippen LogP contribution in [-0.2, 0) is 27.2 Å². The molecule has 3 rings (SSSR count). The highest BCUT2D eigenvalue weighted by Crippen LogP contribution is 2.39. The summed E-state index contributed by atoms with van der Waals surface area (Å²) in [5.74, 6) is -0.498. The largest absolute Gasteiger partial charge is 0.462 e. The van der Waals surface area contributed by atoms with Gasteiger partial charge in [0.25, 0.3) is 0 Å². The van der Waals surface area contributed by atoms with Crippen LogP contribution < -0.4 is 10.6 Å². The summed E-state index contributed by atoms with van der Waals surface area (Å²) < 4.78 is 5.34. The normalized spacial score (nSPS) is 14.0. The third kappa shape index (κ3) is 6.85. The maximum atomic E-state index is 13.3. The van der Waals surface area contributed by atoms with E-state index in [1.807, 2.05) is 38.1 Å². The number of esters is 1. The minimum absolute atomic E-state index is 0.0154. The van der Waals surface area contributed by atoms with Gasteiger partial charge in [-0.05, 0) is 69.2 Å². The highest BCUT2D eigenvalue weighted by atomic mass is 32.2. The molecule has 8 heteroatoms. The Kier molecular flexibility index (Phi) is 10.0. The molecule has 0 saturated heterocycles. The Morgan fingerprint density at radius 3 is 2.62 bits per heavy atom. The van der Waals surface area contributed by atoms with E-state index in [9.17, 15) is 14.4 Å². The maximum absolute atomic E-state index is 13.3. The highest BCUT2D eigenvalue weighted by molar-refractivity contribution is 8.00. The number of nitrogens with one attached hydrogen (secondary N) is 2. The van der Waals surface area contributed by atoms with E-state index >= 15 is 0 Å². The number of ether oxygens (including phenoxy) is 1. The van der Waals surface area contributed by atoms with Crippen molar-refractivity contribution in [3.8, 4) is 0 Å². The minimum atomic E-state index is -0.353. The van der Waals surface area contributed by atoms with Crippen LogP contribution in [-0.4, -0.2) is 29.6 Å². The van der Waals surface area contributed by atoms with Crippen molar-refractivity contribution in [2.75, 3.05) is 17.2 Å². The molecule has 2 amide bonds. The smallest absolute Gasteiger partial charge is 0.341 e. The number of anilines is 2. The fourth-order valence-electron chi connectivity index (χ4n) is 4.03. The van der Waals surface area contributed by atoms with Gasteiger partial charge >= 0.3 is 5.97 Å². The summed E-state index contributed by atoms with van der Waals surface area (Å²) in [7, 11) is 0. The quantitative estimate of drug-likeness (QED) is 0.222. The Labute approximate surface area is 210 Å². The van der Waals surface area contributed by atoms with Crippen LogP contribution in [0.5, 0.6) is 0 Å². The van der Waals surface area contributed by atoms with Gasteiger partial charge in [-0.1, -0.05) is 26.3 Å². The topological polar surface area (TPSA) is 84.5 Å². The second-order valence-electron chi connectivity index (χ2n) is 8.32. The first-order valence-corrected chi connectivity index (χ1v) is 13.8. The van der Waals surface area contributed by atoms with E-state index in [1.54, 1.807) is 6.92 Å². The predicted octanol–water partition coefficient (Wildman–Crippen LogP) is 6.44. The molecule has 0 aliphatic heterocycles. The van der Waals surface area contributed by atoms with Gasteiger partial charge < -0.3 is 15.4 Å². The first-order chi connectivity index (χ1) is 16.5. The molecule has 1 aromatic carbocycles. The van der Waals surface area contributed by atoms with Crippen molar-refractivity contribution in [2.24, 2.45) is 0 Å². The van der Waals surface area contributed by atoms with E-state index in [2.05, 4.69) is 10.6 Å². The Balaban J connectivity index is 1.76. The van der Waals surface area contributed by atoms with Crippen molar-refractivity contribution in [3.05, 3.63) is 40.3 Å². The third-order valence-corrected chi connectivity index (χ3v) is 8.24. The molecule has 1 aliphatic rings. The molecule has 184 valence electrons. The number of aryl methyl sites for hydroxylation is 1. The van der Waals surface area contributed by atoms with Gasteiger partial charge in [0.15, 0.2) is 0 Å². The first kappa shape index (κ1) is 26.3. The SMILES string of the molecule is CCCC(=O)Nc1cccc(SC(CC)C(=O)Nc2sc3c(c2C(=O)OCC)CCCCC3)c1. The molecule has 1 aliphatic carbocycles. The van der Waals surface area contributed by atoms with Gasteiger partial charge in [-0.15, -0.1) is 23.1 Å². The monoisotopic (exact) mass is 502 g/mol. The summed E-state index contributed by atoms with van der Waals surface area (Å²) in [6.07, 6.45) is 6.97. The average Bonchev–Trinajstić information content (AvgIpc) is 2.98. The molecule has 1 heterocycles. The Morgan fingerprint density at radius 1 is 1.09 bits per heavy atom. The molecule has 2 aromatic rings. The second kappa shape index (κ2) is 13.0. The maximum Gasteiger partial charge on any atom is 0.341 e. The average molecular weight is 503 g/mol. The molecular formula is C26H34N2O4S2. The summed E-state index contributed by atoms with van der Waals surface area (Å²) in [6.45, 7) is 6.04. The number of rotatable bonds is 10. The van der Waals surface area contributed by atoms with E-state index < -0.39 is 0 Å². The number of thiophene rings is 1. The molecule has 34 heavy (non-hydrogen) atoms. The van der Waals surface area contributed by atoms with Crippen molar-refractivity contribution in [1.29, 1.82) is 0 Å². The van der Waals surface area contributed by atoms with E-state index in [-0.39, 0.29) is 23.0 Å². The van der Waals surface area contributed by atoms with Gasteiger partial charge in [0.2, 0.25) is 11.8 Å². The lowest BCUT2D eigenvalue weighted by molar-refractivity contribution is -0.116. The van der Waals surface area contributed by atoms with Gasteiger partial charge in [-0.25, -0.2) is 4.79 Å². The van der Waals surface area contributed by atoms with Crippen molar-refractivity contribution in [2.45, 2.75) is 82.3 Å². The van der Waals surface area contributed by atoms with Gasteiger partial charge in [-0.2, -0.15) is 0 Å². The Morgan fingerprint density at radius 2 is 1.88 bits per heavy atom. The molecule has 0 bridgehead atoms. The van der Waals surface area contributed by atoms with Crippen LogP contribution in [0.1, 0.15) is 80.1 Å². The number of carbonyl (C=O) groups excluding carboxylic acids is 3. The molecule has 6 nitrogen and oxygen atoms in total. The molecular weight excluding hydrogens is 468 g/mol.